The zero-order chi connectivity index (χ0) is 18.5. The second-order valence-corrected chi connectivity index (χ2v) is 6.83. The average Bonchev–Trinajstić information content (AvgIpc) is 3.11. The molecule has 26 heavy (non-hydrogen) atoms. The van der Waals surface area contributed by atoms with Gasteiger partial charge in [0.05, 0.1) is 18.6 Å². The summed E-state index contributed by atoms with van der Waals surface area (Å²) in [5.41, 5.74) is 2.47. The molecule has 8 heteroatoms. The lowest BCUT2D eigenvalue weighted by Crippen LogP contribution is -2.15. The maximum Gasteiger partial charge on any atom is 0.234 e. The number of amides is 1. The second-order valence-electron chi connectivity index (χ2n) is 5.45. The van der Waals surface area contributed by atoms with Crippen LogP contribution in [-0.2, 0) is 4.79 Å². The maximum absolute atomic E-state index is 12.3. The van der Waals surface area contributed by atoms with Gasteiger partial charge in [-0.15, -0.1) is 10.2 Å². The van der Waals surface area contributed by atoms with Gasteiger partial charge in [0.25, 0.3) is 0 Å². The Labute approximate surface area is 160 Å². The highest BCUT2D eigenvalue weighted by Gasteiger charge is 2.13. The summed E-state index contributed by atoms with van der Waals surface area (Å²) >= 11 is 7.28. The summed E-state index contributed by atoms with van der Waals surface area (Å²) in [6.07, 6.45) is 1.60. The van der Waals surface area contributed by atoms with Gasteiger partial charge in [-0.05, 0) is 36.8 Å². The number of nitrogens with zero attached hydrogens (tertiary/aromatic N) is 3. The molecular weight excluding hydrogens is 372 g/mol. The molecule has 0 unspecified atom stereocenters. The van der Waals surface area contributed by atoms with Crippen LogP contribution < -0.4 is 10.1 Å². The molecule has 0 saturated carbocycles. The molecule has 2 aromatic carbocycles. The molecule has 1 aromatic heterocycles. The van der Waals surface area contributed by atoms with E-state index in [4.69, 9.17) is 16.3 Å². The zero-order valence-corrected chi connectivity index (χ0v) is 15.8. The van der Waals surface area contributed by atoms with E-state index in [-0.39, 0.29) is 11.7 Å². The number of para-hydroxylation sites is 2. The molecule has 0 fully saturated rings. The predicted octanol–water partition coefficient (Wildman–Crippen LogP) is 3.97. The number of hydrogen-bond donors (Lipinski definition) is 1. The molecule has 0 radical (unpaired) electrons. The molecule has 6 nitrogen and oxygen atoms in total. The highest BCUT2D eigenvalue weighted by molar-refractivity contribution is 7.99. The van der Waals surface area contributed by atoms with Crippen LogP contribution >= 0.6 is 23.4 Å². The number of aryl methyl sites for hydroxylation is 1. The third-order valence-electron chi connectivity index (χ3n) is 3.67. The summed E-state index contributed by atoms with van der Waals surface area (Å²) in [5.74, 6) is 0.753. The smallest absolute Gasteiger partial charge is 0.234 e. The lowest BCUT2D eigenvalue weighted by molar-refractivity contribution is -0.113. The van der Waals surface area contributed by atoms with E-state index in [0.717, 1.165) is 11.3 Å². The number of carbonyl (C=O) groups excluding carboxylic acids is 1. The quantitative estimate of drug-likeness (QED) is 0.647. The van der Waals surface area contributed by atoms with Crippen molar-refractivity contribution in [1.29, 1.82) is 0 Å². The molecule has 1 heterocycles. The number of aromatic nitrogens is 3. The van der Waals surface area contributed by atoms with Crippen LogP contribution in [0.2, 0.25) is 5.02 Å². The Morgan fingerprint density at radius 1 is 1.31 bits per heavy atom. The summed E-state index contributed by atoms with van der Waals surface area (Å²) < 4.78 is 7.17. The fourth-order valence-corrected chi connectivity index (χ4v) is 3.26. The van der Waals surface area contributed by atoms with E-state index in [1.807, 2.05) is 37.3 Å². The largest absolute Gasteiger partial charge is 0.495 e. The minimum atomic E-state index is -0.144. The highest BCUT2D eigenvalue weighted by Crippen LogP contribution is 2.27. The molecule has 0 saturated heterocycles. The summed E-state index contributed by atoms with van der Waals surface area (Å²) in [4.78, 5) is 12.3. The molecule has 3 rings (SSSR count). The molecule has 0 atom stereocenters. The van der Waals surface area contributed by atoms with Crippen molar-refractivity contribution in [3.05, 3.63) is 59.4 Å². The standard InChI is InChI=1S/C18H17ClN4O2S/c1-12-7-8-13(19)9-14(12)21-17(24)10-26-18-22-20-11-23(18)15-5-3-4-6-16(15)25-2/h3-9,11H,10H2,1-2H3,(H,21,24). The van der Waals surface area contributed by atoms with Crippen LogP contribution in [0.25, 0.3) is 5.69 Å². The van der Waals surface area contributed by atoms with Crippen molar-refractivity contribution in [2.75, 3.05) is 18.2 Å². The number of thioether (sulfide) groups is 1. The molecule has 0 aliphatic carbocycles. The molecule has 1 amide bonds. The van der Waals surface area contributed by atoms with Crippen LogP contribution in [0.4, 0.5) is 5.69 Å². The fourth-order valence-electron chi connectivity index (χ4n) is 2.36. The number of halogens is 1. The molecule has 0 aliphatic heterocycles. The molecule has 0 aliphatic rings. The summed E-state index contributed by atoms with van der Waals surface area (Å²) in [5, 5.41) is 12.1. The molecule has 1 N–H and O–H groups in total. The minimum Gasteiger partial charge on any atom is -0.495 e. The van der Waals surface area contributed by atoms with Crippen LogP contribution in [0.1, 0.15) is 5.56 Å². The van der Waals surface area contributed by atoms with Gasteiger partial charge >= 0.3 is 0 Å². The first-order valence-corrected chi connectivity index (χ1v) is 9.17. The van der Waals surface area contributed by atoms with Crippen molar-refractivity contribution in [3.8, 4) is 11.4 Å². The van der Waals surface area contributed by atoms with E-state index in [1.165, 1.54) is 11.8 Å². The van der Waals surface area contributed by atoms with Gasteiger partial charge in [0, 0.05) is 10.7 Å². The summed E-state index contributed by atoms with van der Waals surface area (Å²) in [6, 6.07) is 12.9. The SMILES string of the molecule is COc1ccccc1-n1cnnc1SCC(=O)Nc1cc(Cl)ccc1C. The van der Waals surface area contributed by atoms with Gasteiger partial charge < -0.3 is 10.1 Å². The van der Waals surface area contributed by atoms with Gasteiger partial charge in [-0.2, -0.15) is 0 Å². The van der Waals surface area contributed by atoms with E-state index < -0.39 is 0 Å². The Morgan fingerprint density at radius 3 is 2.92 bits per heavy atom. The van der Waals surface area contributed by atoms with Gasteiger partial charge in [-0.3, -0.25) is 9.36 Å². The van der Waals surface area contributed by atoms with Crippen molar-refractivity contribution in [3.63, 3.8) is 0 Å². The lowest BCUT2D eigenvalue weighted by Gasteiger charge is -2.11. The number of carbonyl (C=O) groups is 1. The van der Waals surface area contributed by atoms with Crippen LogP contribution in [0.5, 0.6) is 5.75 Å². The first-order valence-electron chi connectivity index (χ1n) is 7.80. The number of rotatable bonds is 6. The molecule has 0 bridgehead atoms. The van der Waals surface area contributed by atoms with Crippen LogP contribution in [0, 0.1) is 6.92 Å². The number of anilines is 1. The third-order valence-corrected chi connectivity index (χ3v) is 4.85. The van der Waals surface area contributed by atoms with E-state index in [0.29, 0.717) is 21.6 Å². The number of methoxy groups -OCH3 is 1. The lowest BCUT2D eigenvalue weighted by atomic mass is 10.2. The van der Waals surface area contributed by atoms with Crippen LogP contribution in [0.3, 0.4) is 0 Å². The van der Waals surface area contributed by atoms with Gasteiger partial charge in [0.15, 0.2) is 5.16 Å². The topological polar surface area (TPSA) is 69.0 Å². The Bertz CT molecular complexity index is 929. The average molecular weight is 389 g/mol. The van der Waals surface area contributed by atoms with Crippen molar-refractivity contribution in [2.45, 2.75) is 12.1 Å². The highest BCUT2D eigenvalue weighted by atomic mass is 35.5. The molecular formula is C18H17ClN4O2S. The first-order chi connectivity index (χ1) is 12.6. The Kier molecular flexibility index (Phi) is 5.80. The summed E-state index contributed by atoms with van der Waals surface area (Å²) in [7, 11) is 1.61. The van der Waals surface area contributed by atoms with Crippen molar-refractivity contribution in [1.82, 2.24) is 14.8 Å². The van der Waals surface area contributed by atoms with Crippen molar-refractivity contribution in [2.24, 2.45) is 0 Å². The normalized spacial score (nSPS) is 10.6. The molecule has 0 spiro atoms. The first kappa shape index (κ1) is 18.3. The monoisotopic (exact) mass is 388 g/mol. The zero-order valence-electron chi connectivity index (χ0n) is 14.3. The Hall–Kier alpha value is -2.51. The van der Waals surface area contributed by atoms with Crippen molar-refractivity contribution >= 4 is 35.0 Å². The van der Waals surface area contributed by atoms with Gasteiger partial charge in [-0.1, -0.05) is 41.6 Å². The van der Waals surface area contributed by atoms with Crippen LogP contribution in [0.15, 0.2) is 53.9 Å². The third kappa shape index (κ3) is 4.17. The second kappa shape index (κ2) is 8.25. The van der Waals surface area contributed by atoms with Gasteiger partial charge in [0.1, 0.15) is 12.1 Å². The fraction of sp³-hybridized carbons (Fsp3) is 0.167. The van der Waals surface area contributed by atoms with Crippen LogP contribution in [-0.4, -0.2) is 33.5 Å². The van der Waals surface area contributed by atoms with E-state index >= 15 is 0 Å². The predicted molar refractivity (Wildman–Crippen MR) is 103 cm³/mol. The number of hydrogen-bond acceptors (Lipinski definition) is 5. The van der Waals surface area contributed by atoms with Gasteiger partial charge in [-0.25, -0.2) is 0 Å². The molecule has 3 aromatic rings. The minimum absolute atomic E-state index is 0.144. The maximum atomic E-state index is 12.3. The molecule has 134 valence electrons. The van der Waals surface area contributed by atoms with Crippen molar-refractivity contribution < 1.29 is 9.53 Å². The summed E-state index contributed by atoms with van der Waals surface area (Å²) in [6.45, 7) is 1.91. The van der Waals surface area contributed by atoms with Gasteiger partial charge in [0.2, 0.25) is 5.91 Å². The Morgan fingerprint density at radius 2 is 2.12 bits per heavy atom. The van der Waals surface area contributed by atoms with E-state index in [2.05, 4.69) is 15.5 Å². The van der Waals surface area contributed by atoms with E-state index in [9.17, 15) is 4.79 Å². The number of benzene rings is 2. The number of nitrogens with one attached hydrogen (secondary N) is 1. The van der Waals surface area contributed by atoms with E-state index in [1.54, 1.807) is 30.1 Å². The Balaban J connectivity index is 1.70. The number of ether oxygens (including phenoxy) is 1.